The van der Waals surface area contributed by atoms with E-state index in [0.29, 0.717) is 29.5 Å². The largest absolute Gasteiger partial charge is 0.872 e. The first-order valence-corrected chi connectivity index (χ1v) is 24.2. The van der Waals surface area contributed by atoms with E-state index in [1.807, 2.05) is 26.8 Å². The summed E-state index contributed by atoms with van der Waals surface area (Å²) in [5.74, 6) is -3.60. The number of hydrogen-bond donors (Lipinski definition) is 1. The Bertz CT molecular complexity index is 1120. The van der Waals surface area contributed by atoms with E-state index in [0.717, 1.165) is 44.9 Å². The van der Waals surface area contributed by atoms with Crippen molar-refractivity contribution in [2.24, 2.45) is 5.41 Å². The number of hydrogen-bond acceptors (Lipinski definition) is 4. The standard InChI is InChI=1S/C51H92O5/c1-7-9-11-13-15-17-19-21-23-25-27-29-31-33-35-37-39-45(44-41-43(3)47(52)46(42-44)50(4,5)6)51(48(53)54,49(55)56)40-38-36-34-32-30-28-26-24-22-20-18-16-14-12-10-8-2/h41-42,45,52H,7-40H2,1-6H3,(H,53,54)(H,55,56)/p-2. The predicted molar refractivity (Wildman–Crippen MR) is 235 cm³/mol. The first kappa shape index (κ1) is 52.0. The van der Waals surface area contributed by atoms with E-state index >= 15 is 0 Å². The molecule has 0 aliphatic heterocycles. The number of unbranched alkanes of at least 4 members (excludes halogenated alkanes) is 30. The van der Waals surface area contributed by atoms with E-state index in [1.54, 1.807) is 13.0 Å². The molecule has 1 aromatic rings. The second kappa shape index (κ2) is 31.9. The maximum Gasteiger partial charge on any atom is 0.316 e. The molecule has 2 atom stereocenters. The van der Waals surface area contributed by atoms with Gasteiger partial charge in [-0.05, 0) is 36.3 Å². The monoisotopic (exact) mass is 783 g/mol. The summed E-state index contributed by atoms with van der Waals surface area (Å²) in [5, 5.41) is 37.1. The predicted octanol–water partition coefficient (Wildman–Crippen LogP) is 14.6. The number of carbonyl (C=O) groups is 2. The summed E-state index contributed by atoms with van der Waals surface area (Å²) in [7, 11) is 0. The van der Waals surface area contributed by atoms with Gasteiger partial charge in [-0.25, -0.2) is 0 Å². The molecule has 1 N–H and O–H groups in total. The molecule has 56 heavy (non-hydrogen) atoms. The van der Waals surface area contributed by atoms with Gasteiger partial charge in [0.2, 0.25) is 0 Å². The van der Waals surface area contributed by atoms with Gasteiger partial charge < -0.3 is 20.1 Å². The number of aryl methyl sites for hydroxylation is 1. The summed E-state index contributed by atoms with van der Waals surface area (Å²) in [5.41, 5.74) is -0.653. The van der Waals surface area contributed by atoms with Crippen molar-refractivity contribution >= 4 is 11.9 Å². The van der Waals surface area contributed by atoms with Gasteiger partial charge in [-0.3, -0.25) is 4.79 Å². The Kier molecular flexibility index (Phi) is 29.6. The van der Waals surface area contributed by atoms with Gasteiger partial charge in [0, 0.05) is 5.92 Å². The molecule has 5 nitrogen and oxygen atoms in total. The van der Waals surface area contributed by atoms with Gasteiger partial charge in [-0.15, -0.1) is 5.75 Å². The number of carbonyl (C=O) groups excluding carboxylic acids is 1. The van der Waals surface area contributed by atoms with Gasteiger partial charge in [0.25, 0.3) is 0 Å². The zero-order valence-electron chi connectivity index (χ0n) is 37.9. The zero-order valence-corrected chi connectivity index (χ0v) is 37.9. The fourth-order valence-corrected chi connectivity index (χ4v) is 8.87. The first-order valence-electron chi connectivity index (χ1n) is 24.2. The van der Waals surface area contributed by atoms with Gasteiger partial charge in [0.15, 0.2) is 0 Å². The lowest BCUT2D eigenvalue weighted by atomic mass is 9.66. The molecule has 1 rings (SSSR count). The highest BCUT2D eigenvalue weighted by Gasteiger charge is 2.47. The highest BCUT2D eigenvalue weighted by Crippen LogP contribution is 2.46. The van der Waals surface area contributed by atoms with Crippen LogP contribution in [0.2, 0.25) is 0 Å². The van der Waals surface area contributed by atoms with Crippen LogP contribution in [0.3, 0.4) is 0 Å². The third kappa shape index (κ3) is 21.6. The highest BCUT2D eigenvalue weighted by molar-refractivity contribution is 5.98. The van der Waals surface area contributed by atoms with Crippen molar-refractivity contribution in [1.29, 1.82) is 0 Å². The molecule has 0 spiro atoms. The Morgan fingerprint density at radius 2 is 0.875 bits per heavy atom. The average Bonchev–Trinajstić information content (AvgIpc) is 3.15. The normalized spacial score (nSPS) is 13.5. The maximum atomic E-state index is 13.2. The van der Waals surface area contributed by atoms with Crippen LogP contribution < -0.4 is 10.2 Å². The third-order valence-electron chi connectivity index (χ3n) is 12.6. The lowest BCUT2D eigenvalue weighted by Gasteiger charge is -2.40. The van der Waals surface area contributed by atoms with Crippen molar-refractivity contribution in [2.45, 2.75) is 271 Å². The topological polar surface area (TPSA) is 100 Å². The van der Waals surface area contributed by atoms with Gasteiger partial charge >= 0.3 is 5.97 Å². The minimum absolute atomic E-state index is 0.0467. The Morgan fingerprint density at radius 1 is 0.554 bits per heavy atom. The zero-order chi connectivity index (χ0) is 41.5. The van der Waals surface area contributed by atoms with Crippen LogP contribution in [0.5, 0.6) is 5.75 Å². The van der Waals surface area contributed by atoms with E-state index in [9.17, 15) is 24.9 Å². The number of benzene rings is 1. The molecular weight excluding hydrogens is 693 g/mol. The summed E-state index contributed by atoms with van der Waals surface area (Å²) in [6, 6.07) is 3.59. The number of rotatable bonds is 38. The third-order valence-corrected chi connectivity index (χ3v) is 12.6. The summed E-state index contributed by atoms with van der Waals surface area (Å²) < 4.78 is 0. The lowest BCUT2D eigenvalue weighted by molar-refractivity contribution is -0.319. The van der Waals surface area contributed by atoms with Gasteiger partial charge in [0.1, 0.15) is 5.41 Å². The summed E-state index contributed by atoms with van der Waals surface area (Å²) in [6.07, 6.45) is 39.8. The molecule has 326 valence electrons. The average molecular weight is 783 g/mol. The fourth-order valence-electron chi connectivity index (χ4n) is 8.87. The SMILES string of the molecule is CCCCCCCCCCCCCCCCCCC(c1cc(C)c([O-])c(C(C)(C)C)c1)C(CCCCCCCCCCCCCCCCCC)(C(=O)[O-])C(=O)O. The van der Waals surface area contributed by atoms with Crippen molar-refractivity contribution in [3.63, 3.8) is 0 Å². The molecule has 0 fully saturated rings. The molecule has 1 aromatic carbocycles. The molecule has 2 unspecified atom stereocenters. The van der Waals surface area contributed by atoms with Crippen LogP contribution in [-0.2, 0) is 15.0 Å². The van der Waals surface area contributed by atoms with Crippen molar-refractivity contribution in [3.8, 4) is 5.75 Å². The van der Waals surface area contributed by atoms with Crippen molar-refractivity contribution in [3.05, 3.63) is 28.8 Å². The van der Waals surface area contributed by atoms with E-state index in [2.05, 4.69) is 13.8 Å². The maximum absolute atomic E-state index is 13.2. The summed E-state index contributed by atoms with van der Waals surface area (Å²) >= 11 is 0. The van der Waals surface area contributed by atoms with Gasteiger partial charge in [-0.2, -0.15) is 0 Å². The molecular formula is C51H90O5-2. The van der Waals surface area contributed by atoms with Crippen LogP contribution in [0.1, 0.15) is 276 Å². The van der Waals surface area contributed by atoms with Crippen LogP contribution in [0.15, 0.2) is 12.1 Å². The Balaban J connectivity index is 2.71. The van der Waals surface area contributed by atoms with E-state index in [4.69, 9.17) is 0 Å². The van der Waals surface area contributed by atoms with Crippen molar-refractivity contribution in [2.75, 3.05) is 0 Å². The molecule has 0 bridgehead atoms. The first-order chi connectivity index (χ1) is 26.9. The van der Waals surface area contributed by atoms with E-state index < -0.39 is 28.7 Å². The minimum atomic E-state index is -2.03. The molecule has 0 saturated carbocycles. The van der Waals surface area contributed by atoms with Crippen LogP contribution in [0, 0.1) is 12.3 Å². The molecule has 0 amide bonds. The Hall–Kier alpha value is -2.04. The minimum Gasteiger partial charge on any atom is -0.872 e. The lowest BCUT2D eigenvalue weighted by Crippen LogP contribution is -2.52. The van der Waals surface area contributed by atoms with Crippen LogP contribution >= 0.6 is 0 Å². The molecule has 0 saturated heterocycles. The molecule has 0 aromatic heterocycles. The molecule has 5 heteroatoms. The van der Waals surface area contributed by atoms with Gasteiger partial charge in [0.05, 0.1) is 5.97 Å². The van der Waals surface area contributed by atoms with Crippen molar-refractivity contribution < 1.29 is 24.9 Å². The van der Waals surface area contributed by atoms with Crippen LogP contribution in [0.25, 0.3) is 0 Å². The quantitative estimate of drug-likeness (QED) is 0.0532. The fraction of sp³-hybridized carbons (Fsp3) is 0.843. The Morgan fingerprint density at radius 3 is 1.18 bits per heavy atom. The summed E-state index contributed by atoms with van der Waals surface area (Å²) in [4.78, 5) is 26.3. The highest BCUT2D eigenvalue weighted by atomic mass is 16.4. The van der Waals surface area contributed by atoms with E-state index in [-0.39, 0.29) is 12.2 Å². The number of carboxylic acids is 2. The smallest absolute Gasteiger partial charge is 0.316 e. The second-order valence-electron chi connectivity index (χ2n) is 18.7. The number of carboxylic acid groups (broad SMARTS) is 2. The van der Waals surface area contributed by atoms with Crippen LogP contribution in [0.4, 0.5) is 0 Å². The Labute approximate surface area is 347 Å². The summed E-state index contributed by atoms with van der Waals surface area (Å²) in [6.45, 7) is 12.3. The van der Waals surface area contributed by atoms with Crippen LogP contribution in [-0.4, -0.2) is 17.0 Å². The number of aliphatic carboxylic acids is 2. The molecule has 0 aliphatic carbocycles. The van der Waals surface area contributed by atoms with Gasteiger partial charge in [-0.1, -0.05) is 258 Å². The van der Waals surface area contributed by atoms with E-state index in [1.165, 1.54) is 154 Å². The molecule has 0 heterocycles. The second-order valence-corrected chi connectivity index (χ2v) is 18.7. The molecule has 0 radical (unpaired) electrons. The molecule has 0 aliphatic rings. The van der Waals surface area contributed by atoms with Crippen molar-refractivity contribution in [1.82, 2.24) is 0 Å².